The number of ether oxygens (including phenoxy) is 1. The summed E-state index contributed by atoms with van der Waals surface area (Å²) in [7, 11) is 0. The van der Waals surface area contributed by atoms with E-state index in [0.717, 1.165) is 0 Å². The summed E-state index contributed by atoms with van der Waals surface area (Å²) >= 11 is 8.92. The van der Waals surface area contributed by atoms with Crippen LogP contribution in [0.1, 0.15) is 5.56 Å². The molecule has 0 heterocycles. The van der Waals surface area contributed by atoms with Gasteiger partial charge in [-0.3, -0.25) is 0 Å². The van der Waals surface area contributed by atoms with Crippen LogP contribution in [0.3, 0.4) is 0 Å². The SMILES string of the molecule is NCc1ccc(Oc2ccc(Cl)cc2)c(F)c1Br. The van der Waals surface area contributed by atoms with Crippen LogP contribution in [0.4, 0.5) is 4.39 Å². The topological polar surface area (TPSA) is 35.2 Å². The van der Waals surface area contributed by atoms with Crippen LogP contribution >= 0.6 is 27.5 Å². The maximum atomic E-state index is 14.0. The lowest BCUT2D eigenvalue weighted by Crippen LogP contribution is -2.00. The quantitative estimate of drug-likeness (QED) is 0.899. The second kappa shape index (κ2) is 5.69. The van der Waals surface area contributed by atoms with E-state index in [0.29, 0.717) is 20.8 Å². The van der Waals surface area contributed by atoms with Crippen molar-refractivity contribution in [1.29, 1.82) is 0 Å². The van der Waals surface area contributed by atoms with Crippen molar-refractivity contribution in [2.75, 3.05) is 0 Å². The van der Waals surface area contributed by atoms with Crippen molar-refractivity contribution in [3.8, 4) is 11.5 Å². The maximum Gasteiger partial charge on any atom is 0.180 e. The van der Waals surface area contributed by atoms with Gasteiger partial charge in [0.15, 0.2) is 11.6 Å². The Morgan fingerprint density at radius 1 is 1.17 bits per heavy atom. The van der Waals surface area contributed by atoms with E-state index in [1.807, 2.05) is 0 Å². The van der Waals surface area contributed by atoms with Crippen molar-refractivity contribution in [2.45, 2.75) is 6.54 Å². The van der Waals surface area contributed by atoms with Gasteiger partial charge in [-0.2, -0.15) is 0 Å². The van der Waals surface area contributed by atoms with Gasteiger partial charge in [-0.1, -0.05) is 17.7 Å². The summed E-state index contributed by atoms with van der Waals surface area (Å²) in [4.78, 5) is 0. The standard InChI is InChI=1S/C13H10BrClFNO/c14-12-8(7-17)1-6-11(13(12)16)18-10-4-2-9(15)3-5-10/h1-6H,7,17H2. The highest BCUT2D eigenvalue weighted by Gasteiger charge is 2.12. The van der Waals surface area contributed by atoms with Gasteiger partial charge in [-0.15, -0.1) is 0 Å². The highest BCUT2D eigenvalue weighted by atomic mass is 79.9. The summed E-state index contributed by atoms with van der Waals surface area (Å²) < 4.78 is 19.7. The lowest BCUT2D eigenvalue weighted by atomic mass is 10.2. The molecule has 0 saturated heterocycles. The van der Waals surface area contributed by atoms with Crippen LogP contribution in [0.25, 0.3) is 0 Å². The van der Waals surface area contributed by atoms with E-state index in [2.05, 4.69) is 15.9 Å². The van der Waals surface area contributed by atoms with Crippen molar-refractivity contribution >= 4 is 27.5 Å². The van der Waals surface area contributed by atoms with Crippen molar-refractivity contribution in [1.82, 2.24) is 0 Å². The van der Waals surface area contributed by atoms with Crippen molar-refractivity contribution < 1.29 is 9.13 Å². The van der Waals surface area contributed by atoms with Gasteiger partial charge >= 0.3 is 0 Å². The third-order valence-corrected chi connectivity index (χ3v) is 3.50. The summed E-state index contributed by atoms with van der Waals surface area (Å²) in [5, 5.41) is 0.600. The predicted molar refractivity (Wildman–Crippen MR) is 73.5 cm³/mol. The number of halogens is 3. The Hall–Kier alpha value is -1.10. The smallest absolute Gasteiger partial charge is 0.180 e. The summed E-state index contributed by atoms with van der Waals surface area (Å²) in [6.07, 6.45) is 0. The van der Waals surface area contributed by atoms with E-state index < -0.39 is 5.82 Å². The number of hydrogen-bond acceptors (Lipinski definition) is 2. The normalized spacial score (nSPS) is 10.4. The van der Waals surface area contributed by atoms with Gasteiger partial charge in [0.1, 0.15) is 5.75 Å². The van der Waals surface area contributed by atoms with E-state index in [4.69, 9.17) is 22.1 Å². The maximum absolute atomic E-state index is 14.0. The lowest BCUT2D eigenvalue weighted by Gasteiger charge is -2.10. The van der Waals surface area contributed by atoms with Crippen LogP contribution in [-0.4, -0.2) is 0 Å². The fourth-order valence-electron chi connectivity index (χ4n) is 1.44. The van der Waals surface area contributed by atoms with Gasteiger partial charge in [0.25, 0.3) is 0 Å². The minimum atomic E-state index is -0.465. The van der Waals surface area contributed by atoms with Gasteiger partial charge in [0.05, 0.1) is 4.47 Å². The predicted octanol–water partition coefficient (Wildman–Crippen LogP) is 4.49. The Morgan fingerprint density at radius 3 is 2.44 bits per heavy atom. The first-order chi connectivity index (χ1) is 8.61. The minimum absolute atomic E-state index is 0.140. The molecule has 0 aliphatic rings. The number of nitrogens with two attached hydrogens (primary N) is 1. The number of hydrogen-bond donors (Lipinski definition) is 1. The van der Waals surface area contributed by atoms with Crippen LogP contribution in [0, 0.1) is 5.82 Å². The Bertz CT molecular complexity index is 560. The van der Waals surface area contributed by atoms with Crippen molar-refractivity contribution in [3.05, 3.63) is 57.3 Å². The fraction of sp³-hybridized carbons (Fsp3) is 0.0769. The van der Waals surface area contributed by atoms with E-state index >= 15 is 0 Å². The lowest BCUT2D eigenvalue weighted by molar-refractivity contribution is 0.439. The van der Waals surface area contributed by atoms with Crippen LogP contribution in [0.15, 0.2) is 40.9 Å². The highest BCUT2D eigenvalue weighted by molar-refractivity contribution is 9.10. The van der Waals surface area contributed by atoms with Crippen LogP contribution in [-0.2, 0) is 6.54 Å². The van der Waals surface area contributed by atoms with Crippen molar-refractivity contribution in [2.24, 2.45) is 5.73 Å². The van der Waals surface area contributed by atoms with Crippen LogP contribution in [0.2, 0.25) is 5.02 Å². The number of benzene rings is 2. The molecule has 0 fully saturated rings. The molecule has 0 unspecified atom stereocenters. The van der Waals surface area contributed by atoms with Gasteiger partial charge in [0, 0.05) is 11.6 Å². The van der Waals surface area contributed by atoms with E-state index in [1.54, 1.807) is 36.4 Å². The van der Waals surface area contributed by atoms with E-state index in [9.17, 15) is 4.39 Å². The Morgan fingerprint density at radius 2 is 1.83 bits per heavy atom. The third-order valence-electron chi connectivity index (χ3n) is 2.39. The molecule has 0 aliphatic carbocycles. The average Bonchev–Trinajstić information content (AvgIpc) is 2.38. The summed E-state index contributed by atoms with van der Waals surface area (Å²) in [5.74, 6) is 0.194. The Kier molecular flexibility index (Phi) is 4.22. The molecule has 2 rings (SSSR count). The zero-order valence-corrected chi connectivity index (χ0v) is 11.6. The first-order valence-electron chi connectivity index (χ1n) is 5.22. The largest absolute Gasteiger partial charge is 0.454 e. The Balaban J connectivity index is 2.29. The van der Waals surface area contributed by atoms with Gasteiger partial charge in [-0.25, -0.2) is 4.39 Å². The molecule has 0 bridgehead atoms. The van der Waals surface area contributed by atoms with Gasteiger partial charge in [-0.05, 0) is 51.8 Å². The van der Waals surface area contributed by atoms with E-state index in [-0.39, 0.29) is 12.3 Å². The van der Waals surface area contributed by atoms with E-state index in [1.165, 1.54) is 0 Å². The minimum Gasteiger partial charge on any atom is -0.454 e. The van der Waals surface area contributed by atoms with Gasteiger partial charge < -0.3 is 10.5 Å². The molecule has 0 radical (unpaired) electrons. The molecular weight excluding hydrogens is 321 g/mol. The highest BCUT2D eigenvalue weighted by Crippen LogP contribution is 2.31. The summed E-state index contributed by atoms with van der Waals surface area (Å²) in [5.41, 5.74) is 6.18. The second-order valence-corrected chi connectivity index (χ2v) is 4.84. The van der Waals surface area contributed by atoms with Crippen molar-refractivity contribution in [3.63, 3.8) is 0 Å². The molecule has 2 nitrogen and oxygen atoms in total. The summed E-state index contributed by atoms with van der Waals surface area (Å²) in [6, 6.07) is 9.98. The third kappa shape index (κ3) is 2.83. The molecule has 0 aromatic heterocycles. The molecule has 0 aliphatic heterocycles. The first kappa shape index (κ1) is 13.3. The molecule has 0 saturated carbocycles. The Labute approximate surface area is 118 Å². The molecule has 5 heteroatoms. The molecule has 0 amide bonds. The molecule has 2 aromatic rings. The average molecular weight is 331 g/mol. The summed E-state index contributed by atoms with van der Waals surface area (Å²) in [6.45, 7) is 0.263. The fourth-order valence-corrected chi connectivity index (χ4v) is 2.05. The number of rotatable bonds is 3. The molecule has 0 spiro atoms. The van der Waals surface area contributed by atoms with Crippen LogP contribution < -0.4 is 10.5 Å². The first-order valence-corrected chi connectivity index (χ1v) is 6.39. The van der Waals surface area contributed by atoms with Gasteiger partial charge in [0.2, 0.25) is 0 Å². The molecule has 2 N–H and O–H groups in total. The zero-order chi connectivity index (χ0) is 13.1. The monoisotopic (exact) mass is 329 g/mol. The molecule has 2 aromatic carbocycles. The molecule has 0 atom stereocenters. The second-order valence-electron chi connectivity index (χ2n) is 3.61. The zero-order valence-electron chi connectivity index (χ0n) is 9.29. The molecular formula is C13H10BrClFNO. The van der Waals surface area contributed by atoms with Crippen LogP contribution in [0.5, 0.6) is 11.5 Å². The molecule has 94 valence electrons. The molecule has 18 heavy (non-hydrogen) atoms.